The lowest BCUT2D eigenvalue weighted by Gasteiger charge is -2.52. The molecule has 0 radical (unpaired) electrons. The topological polar surface area (TPSA) is 984 Å². The van der Waals surface area contributed by atoms with Crippen molar-refractivity contribution in [2.45, 2.75) is 391 Å². The van der Waals surface area contributed by atoms with Crippen molar-refractivity contribution < 1.29 is 287 Å². The number of carboxylic acids is 1. The van der Waals surface area contributed by atoms with E-state index >= 15 is 0 Å². The molecule has 11 saturated heterocycles. The predicted octanol–water partition coefficient (Wildman–Crippen LogP) is -24.0. The molecule has 56 atom stereocenters. The molecule has 0 bridgehead atoms. The second kappa shape index (κ2) is 50.6. The summed E-state index contributed by atoms with van der Waals surface area (Å²) in [6.07, 6.45) is -113. The van der Waals surface area contributed by atoms with Crippen molar-refractivity contribution in [3.05, 3.63) is 0 Å². The number of aliphatic hydroxyl groups is 30. The maximum Gasteiger partial charge on any atom is 0.364 e. The van der Waals surface area contributed by atoms with E-state index < -0.39 is 451 Å². The number of aliphatic carboxylic acids is 1. The van der Waals surface area contributed by atoms with Crippen LogP contribution < -0.4 is 26.6 Å². The molecule has 0 spiro atoms. The normalized spacial score (nSPS) is 48.0. The van der Waals surface area contributed by atoms with Gasteiger partial charge in [0, 0.05) is 41.0 Å². The highest BCUT2D eigenvalue weighted by Crippen LogP contribution is 2.43. The first kappa shape index (κ1) is 117. The average Bonchev–Trinajstić information content (AvgIpc) is 0.758. The number of hydrogen-bond donors (Lipinski definition) is 36. The van der Waals surface area contributed by atoms with Crippen LogP contribution in [0.4, 0.5) is 0 Å². The van der Waals surface area contributed by atoms with Gasteiger partial charge < -0.3 is 284 Å². The third-order valence-electron chi connectivity index (χ3n) is 25.9. The van der Waals surface area contributed by atoms with Gasteiger partial charge in [-0.05, 0) is 6.92 Å². The molecule has 0 unspecified atom stereocenters. The van der Waals surface area contributed by atoms with Gasteiger partial charge in [-0.15, -0.1) is 0 Å². The second-order valence-corrected chi connectivity index (χ2v) is 36.0. The predicted molar refractivity (Wildman–Crippen MR) is 436 cm³/mol. The van der Waals surface area contributed by atoms with E-state index in [1.54, 1.807) is 0 Å². The minimum Gasteiger partial charge on any atom is -0.477 e. The molecule has 11 rings (SSSR count). The molecule has 11 heterocycles. The molecule has 0 aromatic rings. The molecule has 11 aliphatic heterocycles. The first-order valence-electron chi connectivity index (χ1n) is 45.1. The van der Waals surface area contributed by atoms with Crippen LogP contribution in [0.3, 0.4) is 0 Å². The molecule has 0 aromatic carbocycles. The number of carbonyl (C=O) groups excluding carboxylic acids is 5. The highest BCUT2D eigenvalue weighted by molar-refractivity contribution is 5.76. The summed E-state index contributed by atoms with van der Waals surface area (Å²) in [5.74, 6) is -10.3. The summed E-state index contributed by atoms with van der Waals surface area (Å²) in [6.45, 7) is -6.58. The highest BCUT2D eigenvalue weighted by atomic mass is 16.8. The first-order chi connectivity index (χ1) is 66.9. The first-order valence-corrected chi connectivity index (χ1v) is 45.1. The number of ether oxygens (including phenoxy) is 21. The van der Waals surface area contributed by atoms with E-state index in [4.69, 9.17) is 99.5 Å². The zero-order valence-electron chi connectivity index (χ0n) is 76.4. The van der Waals surface area contributed by atoms with E-state index in [-0.39, 0.29) is 0 Å². The number of rotatable bonds is 38. The highest BCUT2D eigenvalue weighted by Gasteiger charge is 2.64. The molecule has 0 aromatic heterocycles. The minimum absolute atomic E-state index is 0.829. The van der Waals surface area contributed by atoms with Gasteiger partial charge in [-0.3, -0.25) is 24.0 Å². The van der Waals surface area contributed by atoms with Crippen molar-refractivity contribution in [3.8, 4) is 0 Å². The molecular formula is C79H131N5O58. The summed E-state index contributed by atoms with van der Waals surface area (Å²) in [5.41, 5.74) is 0. The molecule has 820 valence electrons. The summed E-state index contributed by atoms with van der Waals surface area (Å²) in [6, 6.07) is -10.1. The maximum atomic E-state index is 13.5. The maximum absolute atomic E-state index is 13.5. The van der Waals surface area contributed by atoms with Crippen molar-refractivity contribution in [2.75, 3.05) is 66.1 Å². The van der Waals surface area contributed by atoms with Crippen LogP contribution in [0.1, 0.15) is 48.0 Å². The Kier molecular flexibility index (Phi) is 41.7. The van der Waals surface area contributed by atoms with E-state index in [2.05, 4.69) is 26.6 Å². The Morgan fingerprint density at radius 3 is 1.07 bits per heavy atom. The van der Waals surface area contributed by atoms with Crippen LogP contribution in [-0.2, 0) is 128 Å². The Morgan fingerprint density at radius 2 is 0.627 bits per heavy atom. The smallest absolute Gasteiger partial charge is 0.364 e. The lowest BCUT2D eigenvalue weighted by molar-refractivity contribution is -0.409. The summed E-state index contributed by atoms with van der Waals surface area (Å²) in [5, 5.41) is 361. The molecule has 0 aliphatic carbocycles. The standard InChI is InChI=1S/C79H131N5O58/c1-18-40(99)53(112)57(116)73(125-18)122-15-33-62(50(109)35(68(119)126-33)80-19(2)92)135-71-38(83-22(5)95)51(110)61(31(14-91)131-71)137-75-59(118)65(63(138-69-36(81-20(3)93)48(107)43(102)26(9-86)127-69)34(134-75)16-123-76-66(55(114)45(104)28(11-88)129-76)140-70-37(82-21(4)94)49(108)44(103)27(10-87)128-70)139-77-67(56(115)46(105)29(12-89)130-77)141-72-39(84-23(6)96)52(111)60(30(13-90)132-72)136-74-58(117)54(113)47(106)32(133-74)17-124-79(78(120)121)7-24(97)41(100)64(142-79)42(101)25(98)8-85/h18,24-77,85-91,97-119H,7-17H2,1-6H3,(H,80,92)(H,81,93)(H,82,94)(H,83,95)(H,84,96)(H,120,121)/t18-,24-,25+,26+,27+,28+,29+,30+,31+,32+,33+,34+,35+,36+,37+,38+,39+,40+,41+,42+,43+,44+,45+,46+,47-,48+,49+,50+,51+,52+,53+,54-,55-,56-,57-,58+,59-,60+,61+,62+,63+,64+,65+,66-,67-,68+,69-,70-,71-,72-,73+,74-,75-,76-,77+,79+/m0/s1. The third kappa shape index (κ3) is 26.0. The van der Waals surface area contributed by atoms with Gasteiger partial charge in [-0.2, -0.15) is 0 Å². The van der Waals surface area contributed by atoms with Gasteiger partial charge in [0.15, 0.2) is 62.9 Å². The number of amides is 5. The van der Waals surface area contributed by atoms with Gasteiger partial charge in [0.05, 0.1) is 78.3 Å². The van der Waals surface area contributed by atoms with Crippen molar-refractivity contribution in [3.63, 3.8) is 0 Å². The average molecular weight is 2080 g/mol. The number of nitrogens with one attached hydrogen (secondary N) is 5. The lowest BCUT2D eigenvalue weighted by atomic mass is 9.90. The fourth-order valence-electron chi connectivity index (χ4n) is 18.2. The van der Waals surface area contributed by atoms with Crippen LogP contribution in [0.5, 0.6) is 0 Å². The minimum atomic E-state index is -3.14. The van der Waals surface area contributed by atoms with Crippen molar-refractivity contribution in [2.24, 2.45) is 0 Å². The molecule has 11 fully saturated rings. The summed E-state index contributed by atoms with van der Waals surface area (Å²) in [4.78, 5) is 78.5. The van der Waals surface area contributed by atoms with Gasteiger partial charge in [0.25, 0.3) is 5.79 Å². The van der Waals surface area contributed by atoms with Gasteiger partial charge in [-0.1, -0.05) is 0 Å². The Labute approximate surface area is 803 Å². The number of hydrogen-bond acceptors (Lipinski definition) is 57. The number of carbonyl (C=O) groups is 6. The fourth-order valence-corrected chi connectivity index (χ4v) is 18.2. The summed E-state index contributed by atoms with van der Waals surface area (Å²) < 4.78 is 127. The molecule has 0 saturated carbocycles. The number of carboxylic acid groups (broad SMARTS) is 1. The zero-order chi connectivity index (χ0) is 105. The SMILES string of the molecule is CC(=O)N[C@@H]1[C@@H](O)[C@H](O[C@@H]2O[C@H](CO)[C@@H](O[C@@H]3O[C@H](CO[C@H]4O[C@H](CO)[C@@H](O)[C@H](O)[C@@H]4O[C@@H]4O[C@H](CO)[C@@H](O)[C@H](O)[C@H]4NC(C)=O)[C@@H](O[C@@H]4O[C@H](CO)[C@@H](O)[C@H](O)[C@H]4NC(C)=O)[C@H](O[C@H]4O[C@H](CO)[C@@H](O)[C@H](O)[C@@H]4O[C@@H]4O[C@H](CO)[C@@H](O[C@@H]5O[C@H](CO[C@]6(C(=O)O)C[C@H](O)[C@@H](O)[C@H]([C@H](O)[C@H](O)CO)O6)[C@H](O)[C@H](O)[C@H]5O)[C@H](O)[C@H]4NC(C)=O)[C@@H]3O)[C@H](O)[C@H]2NC(C)=O)[C@@H](CO[C@@H]2O[C@@H](C)[C@@H](O)[C@@H](O)[C@@H]2O)O[C@H]1O. The Morgan fingerprint density at radius 1 is 0.303 bits per heavy atom. The molecule has 5 amide bonds. The van der Waals surface area contributed by atoms with Crippen molar-refractivity contribution in [1.29, 1.82) is 0 Å². The Bertz CT molecular complexity index is 4010. The molecule has 11 aliphatic rings. The lowest BCUT2D eigenvalue weighted by Crippen LogP contribution is -2.71. The van der Waals surface area contributed by atoms with Crippen LogP contribution in [0.2, 0.25) is 0 Å². The largest absolute Gasteiger partial charge is 0.477 e. The second-order valence-electron chi connectivity index (χ2n) is 36.0. The quantitative estimate of drug-likeness (QED) is 0.0273. The van der Waals surface area contributed by atoms with Crippen LogP contribution in [0.15, 0.2) is 0 Å². The van der Waals surface area contributed by atoms with E-state index in [9.17, 15) is 187 Å². The zero-order valence-corrected chi connectivity index (χ0v) is 76.4. The molecule has 63 heteroatoms. The molecule has 36 N–H and O–H groups in total. The monoisotopic (exact) mass is 2080 g/mol. The molecular weight excluding hydrogens is 1950 g/mol. The van der Waals surface area contributed by atoms with E-state index in [0.717, 1.165) is 34.6 Å². The van der Waals surface area contributed by atoms with Gasteiger partial charge in [0.1, 0.15) is 262 Å². The van der Waals surface area contributed by atoms with E-state index in [1.165, 1.54) is 6.92 Å². The Balaban J connectivity index is 0.989. The summed E-state index contributed by atoms with van der Waals surface area (Å²) >= 11 is 0. The van der Waals surface area contributed by atoms with Gasteiger partial charge in [0.2, 0.25) is 29.5 Å². The van der Waals surface area contributed by atoms with Crippen LogP contribution in [0, 0.1) is 0 Å². The van der Waals surface area contributed by atoms with Gasteiger partial charge >= 0.3 is 5.97 Å². The summed E-state index contributed by atoms with van der Waals surface area (Å²) in [7, 11) is 0. The van der Waals surface area contributed by atoms with Crippen LogP contribution >= 0.6 is 0 Å². The van der Waals surface area contributed by atoms with E-state index in [1.807, 2.05) is 0 Å². The molecule has 142 heavy (non-hydrogen) atoms. The number of aliphatic hydroxyl groups excluding tert-OH is 30. The van der Waals surface area contributed by atoms with E-state index in [0.29, 0.717) is 0 Å². The fraction of sp³-hybridized carbons (Fsp3) is 0.924. The van der Waals surface area contributed by atoms with Crippen molar-refractivity contribution in [1.82, 2.24) is 26.6 Å². The Hall–Kier alpha value is -5.22. The van der Waals surface area contributed by atoms with Crippen LogP contribution in [0.25, 0.3) is 0 Å². The van der Waals surface area contributed by atoms with Crippen LogP contribution in [-0.4, -0.2) is 603 Å². The van der Waals surface area contributed by atoms with Crippen molar-refractivity contribution >= 4 is 35.5 Å². The third-order valence-corrected chi connectivity index (χ3v) is 25.9. The molecule has 63 nitrogen and oxygen atoms in total. The van der Waals surface area contributed by atoms with Gasteiger partial charge in [-0.25, -0.2) is 4.79 Å².